The van der Waals surface area contributed by atoms with E-state index >= 15 is 0 Å². The number of carbonyl (C=O) groups excluding carboxylic acids is 1. The minimum atomic E-state index is -0.394. The topological polar surface area (TPSA) is 47.4 Å². The van der Waals surface area contributed by atoms with Crippen LogP contribution in [0, 0.1) is 0 Å². The quantitative estimate of drug-likeness (QED) is 0.527. The van der Waals surface area contributed by atoms with Crippen LogP contribution in [0.5, 0.6) is 5.88 Å². The molecule has 0 atom stereocenters. The smallest absolute Gasteiger partial charge is 0.390 e. The normalized spacial score (nSPS) is 12.3. The van der Waals surface area contributed by atoms with Crippen molar-refractivity contribution < 1.29 is 9.53 Å². The Kier molecular flexibility index (Phi) is 5.52. The van der Waals surface area contributed by atoms with E-state index in [2.05, 4.69) is 0 Å². The number of aryl methyl sites for hydroxylation is 2. The lowest BCUT2D eigenvalue weighted by atomic mass is 9.90. The molecule has 29 heavy (non-hydrogen) atoms. The van der Waals surface area contributed by atoms with E-state index in [0.717, 1.165) is 40.9 Å². The van der Waals surface area contributed by atoms with Gasteiger partial charge in [0.15, 0.2) is 0 Å². The summed E-state index contributed by atoms with van der Waals surface area (Å²) in [4.78, 5) is 14.4. The molecule has 7 heteroatoms. The fourth-order valence-electron chi connectivity index (χ4n) is 3.64. The van der Waals surface area contributed by atoms with Gasteiger partial charge in [0.2, 0.25) is 5.88 Å². The van der Waals surface area contributed by atoms with Gasteiger partial charge >= 0.3 is 6.09 Å². The minimum Gasteiger partial charge on any atom is -0.390 e. The molecule has 1 amide bonds. The molecule has 0 saturated heterocycles. The molecule has 4 rings (SSSR count). The monoisotopic (exact) mass is 429 g/mol. The van der Waals surface area contributed by atoms with Crippen LogP contribution in [-0.4, -0.2) is 33.9 Å². The maximum absolute atomic E-state index is 12.8. The number of rotatable bonds is 4. The van der Waals surface area contributed by atoms with Crippen LogP contribution in [0.15, 0.2) is 42.5 Å². The Hall–Kier alpha value is -2.50. The van der Waals surface area contributed by atoms with Gasteiger partial charge in [0, 0.05) is 23.1 Å². The van der Waals surface area contributed by atoms with Crippen molar-refractivity contribution >= 4 is 29.3 Å². The fraction of sp³-hybridized carbons (Fsp3) is 0.273. The Labute approximate surface area is 179 Å². The third-order valence-electron chi connectivity index (χ3n) is 5.16. The number of benzene rings is 2. The summed E-state index contributed by atoms with van der Waals surface area (Å²) in [6, 6.07) is 13.1. The molecule has 3 aromatic rings. The van der Waals surface area contributed by atoms with Crippen LogP contribution in [0.25, 0.3) is 16.8 Å². The lowest BCUT2D eigenvalue weighted by molar-refractivity contribution is 0.154. The van der Waals surface area contributed by atoms with Crippen LogP contribution in [0.1, 0.15) is 25.1 Å². The highest BCUT2D eigenvalue weighted by molar-refractivity contribution is 6.31. The van der Waals surface area contributed by atoms with Crippen molar-refractivity contribution in [2.24, 2.45) is 0 Å². The SMILES string of the molecule is CCN(CC)C(=O)Oc1c2c(nn1-c1ccc(Cl)cc1)CCc1cc(Cl)ccc1-2. The number of aromatic nitrogens is 2. The van der Waals surface area contributed by atoms with Gasteiger partial charge in [-0.1, -0.05) is 29.3 Å². The first-order valence-electron chi connectivity index (χ1n) is 9.65. The Morgan fingerprint density at radius 3 is 2.45 bits per heavy atom. The summed E-state index contributed by atoms with van der Waals surface area (Å²) in [6.45, 7) is 4.99. The number of fused-ring (bicyclic) bond motifs is 3. The average molecular weight is 430 g/mol. The lowest BCUT2D eigenvalue weighted by Gasteiger charge is -2.20. The fourth-order valence-corrected chi connectivity index (χ4v) is 3.96. The highest BCUT2D eigenvalue weighted by Crippen LogP contribution is 2.42. The van der Waals surface area contributed by atoms with Crippen molar-refractivity contribution in [1.29, 1.82) is 0 Å². The summed E-state index contributed by atoms with van der Waals surface area (Å²) < 4.78 is 7.61. The van der Waals surface area contributed by atoms with Crippen molar-refractivity contribution in [3.05, 3.63) is 63.8 Å². The molecule has 0 saturated carbocycles. The molecule has 0 radical (unpaired) electrons. The molecule has 1 heterocycles. The summed E-state index contributed by atoms with van der Waals surface area (Å²) in [5.74, 6) is 0.419. The molecule has 0 unspecified atom stereocenters. The third kappa shape index (κ3) is 3.72. The highest BCUT2D eigenvalue weighted by atomic mass is 35.5. The van der Waals surface area contributed by atoms with E-state index in [4.69, 9.17) is 33.0 Å². The molecule has 2 aromatic carbocycles. The van der Waals surface area contributed by atoms with Crippen molar-refractivity contribution in [1.82, 2.24) is 14.7 Å². The van der Waals surface area contributed by atoms with Gasteiger partial charge in [0.25, 0.3) is 0 Å². The Balaban J connectivity index is 1.88. The van der Waals surface area contributed by atoms with Crippen LogP contribution in [0.3, 0.4) is 0 Å². The Morgan fingerprint density at radius 2 is 1.76 bits per heavy atom. The van der Waals surface area contributed by atoms with Crippen molar-refractivity contribution in [3.63, 3.8) is 0 Å². The largest absolute Gasteiger partial charge is 0.416 e. The van der Waals surface area contributed by atoms with E-state index in [-0.39, 0.29) is 0 Å². The second-order valence-corrected chi connectivity index (χ2v) is 7.73. The predicted octanol–water partition coefficient (Wildman–Crippen LogP) is 5.79. The number of halogens is 2. The van der Waals surface area contributed by atoms with E-state index in [1.54, 1.807) is 21.7 Å². The predicted molar refractivity (Wildman–Crippen MR) is 115 cm³/mol. The highest BCUT2D eigenvalue weighted by Gasteiger charge is 2.29. The van der Waals surface area contributed by atoms with Gasteiger partial charge in [-0.05, 0) is 74.2 Å². The Morgan fingerprint density at radius 1 is 1.07 bits per heavy atom. The molecular weight excluding hydrogens is 409 g/mol. The minimum absolute atomic E-state index is 0.394. The van der Waals surface area contributed by atoms with E-state index in [1.807, 2.05) is 44.2 Å². The van der Waals surface area contributed by atoms with E-state index in [9.17, 15) is 4.79 Å². The van der Waals surface area contributed by atoms with E-state index in [1.165, 1.54) is 0 Å². The lowest BCUT2D eigenvalue weighted by Crippen LogP contribution is -2.33. The number of amides is 1. The van der Waals surface area contributed by atoms with Gasteiger partial charge < -0.3 is 9.64 Å². The molecule has 1 aliphatic carbocycles. The summed E-state index contributed by atoms with van der Waals surface area (Å²) in [5.41, 5.74) is 4.65. The summed E-state index contributed by atoms with van der Waals surface area (Å²) in [7, 11) is 0. The maximum atomic E-state index is 12.8. The zero-order valence-electron chi connectivity index (χ0n) is 16.3. The van der Waals surface area contributed by atoms with Crippen LogP contribution >= 0.6 is 23.2 Å². The first-order valence-corrected chi connectivity index (χ1v) is 10.4. The summed E-state index contributed by atoms with van der Waals surface area (Å²) in [6.07, 6.45) is 1.19. The van der Waals surface area contributed by atoms with Gasteiger partial charge in [0.1, 0.15) is 0 Å². The molecule has 0 aliphatic heterocycles. The number of hydrogen-bond donors (Lipinski definition) is 0. The number of carbonyl (C=O) groups is 1. The number of hydrogen-bond acceptors (Lipinski definition) is 3. The van der Waals surface area contributed by atoms with Crippen LogP contribution in [0.2, 0.25) is 10.0 Å². The number of ether oxygens (including phenoxy) is 1. The second kappa shape index (κ2) is 8.09. The Bertz CT molecular complexity index is 1060. The van der Waals surface area contributed by atoms with Crippen molar-refractivity contribution in [2.45, 2.75) is 26.7 Å². The van der Waals surface area contributed by atoms with Gasteiger partial charge in [-0.2, -0.15) is 9.78 Å². The summed E-state index contributed by atoms with van der Waals surface area (Å²) >= 11 is 12.2. The average Bonchev–Trinajstić information content (AvgIpc) is 3.08. The zero-order valence-corrected chi connectivity index (χ0v) is 17.8. The first kappa shape index (κ1) is 19.8. The molecule has 0 bridgehead atoms. The first-order chi connectivity index (χ1) is 14.0. The number of nitrogens with zero attached hydrogens (tertiary/aromatic N) is 3. The second-order valence-electron chi connectivity index (χ2n) is 6.86. The molecule has 0 fully saturated rings. The van der Waals surface area contributed by atoms with Crippen LogP contribution < -0.4 is 4.74 Å². The van der Waals surface area contributed by atoms with Crippen molar-refractivity contribution in [3.8, 4) is 22.7 Å². The molecule has 0 N–H and O–H groups in total. The molecule has 150 valence electrons. The van der Waals surface area contributed by atoms with Gasteiger partial charge in [-0.15, -0.1) is 0 Å². The zero-order chi connectivity index (χ0) is 20.5. The van der Waals surface area contributed by atoms with E-state index < -0.39 is 6.09 Å². The van der Waals surface area contributed by atoms with Gasteiger partial charge in [0.05, 0.1) is 16.9 Å². The van der Waals surface area contributed by atoms with Crippen molar-refractivity contribution in [2.75, 3.05) is 13.1 Å². The standard InChI is InChI=1S/C22H21Cl2N3O2/c1-3-26(4-2)22(28)29-21-20-18-11-8-16(24)13-14(18)5-12-19(20)25-27(21)17-9-6-15(23)7-10-17/h6-11,13H,3-5,12H2,1-2H3. The van der Waals surface area contributed by atoms with Crippen LogP contribution in [-0.2, 0) is 12.8 Å². The molecule has 1 aliphatic rings. The van der Waals surface area contributed by atoms with E-state index in [0.29, 0.717) is 29.0 Å². The molecular formula is C22H21Cl2N3O2. The van der Waals surface area contributed by atoms with Gasteiger partial charge in [-0.3, -0.25) is 0 Å². The summed E-state index contributed by atoms with van der Waals surface area (Å²) in [5, 5.41) is 6.11. The van der Waals surface area contributed by atoms with Gasteiger partial charge in [-0.25, -0.2) is 4.79 Å². The molecule has 0 spiro atoms. The molecule has 1 aromatic heterocycles. The van der Waals surface area contributed by atoms with Crippen LogP contribution in [0.4, 0.5) is 4.79 Å². The molecule has 5 nitrogen and oxygen atoms in total. The third-order valence-corrected chi connectivity index (χ3v) is 5.65. The maximum Gasteiger partial charge on any atom is 0.416 e.